The van der Waals surface area contributed by atoms with Gasteiger partial charge in [-0.25, -0.2) is 4.68 Å². The number of phenolic OH excluding ortho intramolecular Hbond substituents is 1. The number of anilines is 1. The number of piperidine rings is 3. The van der Waals surface area contributed by atoms with E-state index in [1.54, 1.807) is 18.2 Å². The van der Waals surface area contributed by atoms with Crippen molar-refractivity contribution in [2.45, 2.75) is 32.0 Å². The molecule has 0 spiro atoms. The molecule has 3 saturated heterocycles. The molecule has 3 aliphatic rings. The normalized spacial score (nSPS) is 26.5. The largest absolute Gasteiger partial charge is 0.508 e. The van der Waals surface area contributed by atoms with E-state index in [9.17, 15) is 9.90 Å². The minimum absolute atomic E-state index is 0.0333. The highest BCUT2D eigenvalue weighted by Crippen LogP contribution is 2.29. The molecule has 2 bridgehead atoms. The Morgan fingerprint density at radius 3 is 3.00 bits per heavy atom. The zero-order valence-electron chi connectivity index (χ0n) is 16.6. The van der Waals surface area contributed by atoms with E-state index in [0.717, 1.165) is 44.7 Å². The summed E-state index contributed by atoms with van der Waals surface area (Å²) in [6.45, 7) is 3.72. The van der Waals surface area contributed by atoms with Gasteiger partial charge in [0.25, 0.3) is 0 Å². The average Bonchev–Trinajstić information content (AvgIpc) is 3.08. The molecule has 0 aliphatic carbocycles. The average molecular weight is 386 g/mol. The number of nitrogens with zero attached hydrogens (tertiary/aromatic N) is 3. The van der Waals surface area contributed by atoms with E-state index in [-0.39, 0.29) is 17.6 Å². The first-order valence-corrected chi connectivity index (χ1v) is 10.1. The number of carbonyl (C=O) groups excluding carboxylic acids is 1. The van der Waals surface area contributed by atoms with E-state index < -0.39 is 0 Å². The summed E-state index contributed by atoms with van der Waals surface area (Å²) in [5, 5.41) is 21.2. The molecule has 1 aromatic heterocycles. The summed E-state index contributed by atoms with van der Waals surface area (Å²) >= 11 is 0. The van der Waals surface area contributed by atoms with Crippen molar-refractivity contribution in [1.82, 2.24) is 15.0 Å². The molecule has 28 heavy (non-hydrogen) atoms. The van der Waals surface area contributed by atoms with Gasteiger partial charge in [0.2, 0.25) is 5.91 Å². The van der Waals surface area contributed by atoms with Crippen molar-refractivity contribution in [3.05, 3.63) is 36.2 Å². The van der Waals surface area contributed by atoms with Gasteiger partial charge in [0.05, 0.1) is 45.8 Å². The SMILES string of the molecule is C[NH+](C)Cc1cn(C[C@H]2C[C@H]3CC[NH+]2C[C@@H]3C(=O)Nc2cccc(O)c2)nn1. The first-order chi connectivity index (χ1) is 13.5. The van der Waals surface area contributed by atoms with Crippen LogP contribution < -0.4 is 15.1 Å². The summed E-state index contributed by atoms with van der Waals surface area (Å²) < 4.78 is 1.97. The number of aromatic nitrogens is 3. The topological polar surface area (TPSA) is 88.9 Å². The van der Waals surface area contributed by atoms with Crippen LogP contribution in [0.3, 0.4) is 0 Å². The lowest BCUT2D eigenvalue weighted by atomic mass is 9.75. The molecule has 0 radical (unpaired) electrons. The second-order valence-corrected chi connectivity index (χ2v) is 8.56. The molecule has 4 N–H and O–H groups in total. The Labute approximate surface area is 165 Å². The highest BCUT2D eigenvalue weighted by Gasteiger charge is 2.46. The highest BCUT2D eigenvalue weighted by molar-refractivity contribution is 5.93. The van der Waals surface area contributed by atoms with Crippen molar-refractivity contribution in [1.29, 1.82) is 0 Å². The van der Waals surface area contributed by atoms with Crippen molar-refractivity contribution < 1.29 is 19.7 Å². The summed E-state index contributed by atoms with van der Waals surface area (Å²) in [5.74, 6) is 0.684. The first kappa shape index (κ1) is 18.9. The van der Waals surface area contributed by atoms with Crippen molar-refractivity contribution in [2.75, 3.05) is 32.5 Å². The second kappa shape index (κ2) is 7.89. The summed E-state index contributed by atoms with van der Waals surface area (Å²) in [6.07, 6.45) is 4.19. The molecule has 3 aliphatic heterocycles. The summed E-state index contributed by atoms with van der Waals surface area (Å²) in [4.78, 5) is 15.6. The molecular weight excluding hydrogens is 356 g/mol. The second-order valence-electron chi connectivity index (χ2n) is 8.56. The Morgan fingerprint density at radius 2 is 2.29 bits per heavy atom. The standard InChI is InChI=1S/C20H28N6O2/c1-24(2)10-16-11-26(23-22-16)12-17-8-14-6-7-25(17)13-19(14)20(28)21-15-4-3-5-18(27)9-15/h3-5,9,11,14,17,19,27H,6-8,10,12-13H2,1-2H3,(H,21,28)/p+2/t14-,17-,19+/m1/s1. The smallest absolute Gasteiger partial charge is 0.233 e. The van der Waals surface area contributed by atoms with Crippen molar-refractivity contribution in [3.63, 3.8) is 0 Å². The number of nitrogens with one attached hydrogen (secondary N) is 3. The number of amides is 1. The zero-order chi connectivity index (χ0) is 19.7. The molecule has 8 nitrogen and oxygen atoms in total. The van der Waals surface area contributed by atoms with Crippen molar-refractivity contribution >= 4 is 11.6 Å². The van der Waals surface area contributed by atoms with Crippen molar-refractivity contribution in [3.8, 4) is 5.75 Å². The van der Waals surface area contributed by atoms with E-state index in [4.69, 9.17) is 0 Å². The predicted octanol–water partition coefficient (Wildman–Crippen LogP) is -1.44. The van der Waals surface area contributed by atoms with Crippen LogP contribution in [0.5, 0.6) is 5.75 Å². The van der Waals surface area contributed by atoms with Gasteiger partial charge in [0, 0.05) is 24.6 Å². The lowest BCUT2D eigenvalue weighted by molar-refractivity contribution is -0.945. The number of rotatable bonds is 6. The van der Waals surface area contributed by atoms with E-state index in [2.05, 4.69) is 35.9 Å². The Kier molecular flexibility index (Phi) is 5.32. The molecular formula is C20H30N6O2+2. The number of quaternary nitrogens is 2. The van der Waals surface area contributed by atoms with Crippen LogP contribution >= 0.6 is 0 Å². The molecule has 1 unspecified atom stereocenters. The summed E-state index contributed by atoms with van der Waals surface area (Å²) in [5.41, 5.74) is 1.68. The fraction of sp³-hybridized carbons (Fsp3) is 0.550. The Morgan fingerprint density at radius 1 is 1.43 bits per heavy atom. The number of phenols is 1. The van der Waals surface area contributed by atoms with Gasteiger partial charge in [-0.15, -0.1) is 5.10 Å². The Hall–Kier alpha value is -2.45. The van der Waals surface area contributed by atoms with Gasteiger partial charge in [-0.1, -0.05) is 11.3 Å². The van der Waals surface area contributed by atoms with Gasteiger partial charge < -0.3 is 20.2 Å². The first-order valence-electron chi connectivity index (χ1n) is 10.1. The molecule has 150 valence electrons. The van der Waals surface area contributed by atoms with Crippen LogP contribution in [-0.2, 0) is 17.9 Å². The molecule has 4 atom stereocenters. The zero-order valence-corrected chi connectivity index (χ0v) is 16.6. The third-order valence-corrected chi connectivity index (χ3v) is 6.03. The Bertz CT molecular complexity index is 836. The number of fused-ring (bicyclic) bond motifs is 3. The molecule has 2 aromatic rings. The van der Waals surface area contributed by atoms with Gasteiger partial charge in [0.15, 0.2) is 0 Å². The molecule has 1 amide bonds. The number of hydrogen-bond acceptors (Lipinski definition) is 4. The summed E-state index contributed by atoms with van der Waals surface area (Å²) in [6, 6.07) is 7.24. The maximum Gasteiger partial charge on any atom is 0.233 e. The predicted molar refractivity (Wildman–Crippen MR) is 104 cm³/mol. The number of hydrogen-bond donors (Lipinski definition) is 4. The minimum Gasteiger partial charge on any atom is -0.508 e. The van der Waals surface area contributed by atoms with Crippen LogP contribution in [-0.4, -0.2) is 59.2 Å². The molecule has 1 aromatic carbocycles. The number of carbonyl (C=O) groups is 1. The fourth-order valence-electron chi connectivity index (χ4n) is 4.73. The number of benzene rings is 1. The third-order valence-electron chi connectivity index (χ3n) is 6.03. The van der Waals surface area contributed by atoms with Crippen LogP contribution in [0.4, 0.5) is 5.69 Å². The number of aromatic hydroxyl groups is 1. The van der Waals surface area contributed by atoms with Crippen LogP contribution in [0.15, 0.2) is 30.5 Å². The van der Waals surface area contributed by atoms with Crippen LogP contribution in [0.1, 0.15) is 18.5 Å². The molecule has 8 heteroatoms. The van der Waals surface area contributed by atoms with Gasteiger partial charge >= 0.3 is 0 Å². The Balaban J connectivity index is 1.36. The van der Waals surface area contributed by atoms with Crippen LogP contribution in [0.2, 0.25) is 0 Å². The van der Waals surface area contributed by atoms with E-state index in [0.29, 0.717) is 17.6 Å². The van der Waals surface area contributed by atoms with Crippen LogP contribution in [0.25, 0.3) is 0 Å². The van der Waals surface area contributed by atoms with E-state index in [1.165, 1.54) is 9.80 Å². The molecule has 4 heterocycles. The van der Waals surface area contributed by atoms with E-state index >= 15 is 0 Å². The maximum atomic E-state index is 12.8. The van der Waals surface area contributed by atoms with Crippen LogP contribution in [0, 0.1) is 11.8 Å². The van der Waals surface area contributed by atoms with Crippen molar-refractivity contribution in [2.24, 2.45) is 11.8 Å². The van der Waals surface area contributed by atoms with Gasteiger partial charge in [0.1, 0.15) is 24.0 Å². The lowest BCUT2D eigenvalue weighted by Crippen LogP contribution is -3.20. The van der Waals surface area contributed by atoms with Gasteiger partial charge in [-0.3, -0.25) is 4.79 Å². The van der Waals surface area contributed by atoms with Gasteiger partial charge in [-0.05, 0) is 18.1 Å². The monoisotopic (exact) mass is 386 g/mol. The van der Waals surface area contributed by atoms with Gasteiger partial charge in [-0.2, -0.15) is 0 Å². The fourth-order valence-corrected chi connectivity index (χ4v) is 4.73. The van der Waals surface area contributed by atoms with E-state index in [1.807, 2.05) is 10.7 Å². The highest BCUT2D eigenvalue weighted by atomic mass is 16.3. The molecule has 5 rings (SSSR count). The maximum absolute atomic E-state index is 12.8. The molecule has 3 fully saturated rings. The summed E-state index contributed by atoms with van der Waals surface area (Å²) in [7, 11) is 4.22. The lowest BCUT2D eigenvalue weighted by Gasteiger charge is -2.46. The quantitative estimate of drug-likeness (QED) is 0.490. The molecule has 0 saturated carbocycles. The third kappa shape index (κ3) is 4.18. The minimum atomic E-state index is 0.0333.